The van der Waals surface area contributed by atoms with E-state index in [-0.39, 0.29) is 24.2 Å². The van der Waals surface area contributed by atoms with E-state index < -0.39 is 5.82 Å². The van der Waals surface area contributed by atoms with Crippen molar-refractivity contribution in [2.45, 2.75) is 6.73 Å². The number of imidazole rings is 1. The molecule has 0 unspecified atom stereocenters. The van der Waals surface area contributed by atoms with E-state index in [1.54, 1.807) is 35.9 Å². The molecule has 0 spiro atoms. The molecule has 4 aromatic rings. The summed E-state index contributed by atoms with van der Waals surface area (Å²) in [6.45, 7) is 0.218. The number of ether oxygens (including phenoxy) is 2. The number of rotatable bonds is 5. The molecule has 0 radical (unpaired) electrons. The second kappa shape index (κ2) is 7.08. The van der Waals surface area contributed by atoms with Crippen LogP contribution in [0.3, 0.4) is 0 Å². The summed E-state index contributed by atoms with van der Waals surface area (Å²) in [6.07, 6.45) is 1.53. The van der Waals surface area contributed by atoms with E-state index in [1.165, 1.54) is 30.6 Å². The molecule has 0 amide bonds. The number of halogens is 2. The van der Waals surface area contributed by atoms with Crippen LogP contribution in [0.5, 0.6) is 11.6 Å². The Hall–Kier alpha value is -3.39. The number of hydrogen-bond acceptors (Lipinski definition) is 5. The second-order valence-corrected chi connectivity index (χ2v) is 5.70. The summed E-state index contributed by atoms with van der Waals surface area (Å²) in [5.41, 5.74) is 1.40. The van der Waals surface area contributed by atoms with E-state index in [0.717, 1.165) is 0 Å². The van der Waals surface area contributed by atoms with Crippen LogP contribution in [0.2, 0.25) is 0 Å². The lowest BCUT2D eigenvalue weighted by Crippen LogP contribution is -2.02. The smallest absolute Gasteiger partial charge is 0.251 e. The van der Waals surface area contributed by atoms with Crippen molar-refractivity contribution in [2.75, 3.05) is 7.11 Å². The van der Waals surface area contributed by atoms with Gasteiger partial charge in [0.1, 0.15) is 12.5 Å². The van der Waals surface area contributed by atoms with Crippen LogP contribution in [-0.4, -0.2) is 26.6 Å². The van der Waals surface area contributed by atoms with Gasteiger partial charge in [-0.05, 0) is 36.4 Å². The van der Waals surface area contributed by atoms with E-state index in [0.29, 0.717) is 22.6 Å². The number of para-hydroxylation sites is 1. The fourth-order valence-corrected chi connectivity index (χ4v) is 2.58. The van der Waals surface area contributed by atoms with Gasteiger partial charge in [-0.15, -0.1) is 0 Å². The average molecular weight is 368 g/mol. The zero-order chi connectivity index (χ0) is 18.8. The summed E-state index contributed by atoms with van der Waals surface area (Å²) in [5.74, 6) is -0.481. The van der Waals surface area contributed by atoms with E-state index in [9.17, 15) is 8.78 Å². The molecule has 0 fully saturated rings. The first-order valence-electron chi connectivity index (χ1n) is 8.06. The van der Waals surface area contributed by atoms with Crippen molar-refractivity contribution >= 4 is 11.2 Å². The van der Waals surface area contributed by atoms with Gasteiger partial charge in [0.05, 0.1) is 6.33 Å². The zero-order valence-electron chi connectivity index (χ0n) is 14.3. The Labute approximate surface area is 153 Å². The predicted octanol–water partition coefficient (Wildman–Crippen LogP) is 4.17. The van der Waals surface area contributed by atoms with Crippen LogP contribution >= 0.6 is 0 Å². The van der Waals surface area contributed by atoms with Gasteiger partial charge in [-0.25, -0.2) is 18.7 Å². The lowest BCUT2D eigenvalue weighted by atomic mass is 10.2. The van der Waals surface area contributed by atoms with Crippen LogP contribution in [-0.2, 0) is 11.5 Å². The molecule has 6 nitrogen and oxygen atoms in total. The number of aromatic nitrogens is 4. The highest BCUT2D eigenvalue weighted by atomic mass is 19.1. The Morgan fingerprint density at radius 1 is 1.00 bits per heavy atom. The molecule has 136 valence electrons. The van der Waals surface area contributed by atoms with E-state index in [2.05, 4.69) is 15.0 Å². The Kier molecular flexibility index (Phi) is 4.47. The third kappa shape index (κ3) is 3.34. The predicted molar refractivity (Wildman–Crippen MR) is 94.2 cm³/mol. The molecule has 0 aliphatic rings. The highest BCUT2D eigenvalue weighted by Crippen LogP contribution is 2.30. The summed E-state index contributed by atoms with van der Waals surface area (Å²) in [4.78, 5) is 13.1. The molecule has 2 aromatic carbocycles. The molecule has 2 heterocycles. The number of hydrogen-bond donors (Lipinski definition) is 0. The Balaban J connectivity index is 1.88. The largest absolute Gasteiger partial charge is 0.434 e. The molecule has 0 N–H and O–H groups in total. The van der Waals surface area contributed by atoms with Crippen molar-refractivity contribution in [2.24, 2.45) is 0 Å². The standard InChI is InChI=1S/C19H14F2N4O2/c1-26-11-25-10-22-16-18(25)23-17(12-6-8-13(20)9-7-12)24-19(16)27-15-5-3-2-4-14(15)21/h2-10H,11H2,1H3. The molecule has 27 heavy (non-hydrogen) atoms. The molecular weight excluding hydrogens is 354 g/mol. The maximum absolute atomic E-state index is 14.0. The molecule has 8 heteroatoms. The van der Waals surface area contributed by atoms with Crippen LogP contribution in [0.4, 0.5) is 8.78 Å². The number of benzene rings is 2. The SMILES string of the molecule is COCn1cnc2c(Oc3ccccc3F)nc(-c3ccc(F)cc3)nc21. The Bertz CT molecular complexity index is 1100. The van der Waals surface area contributed by atoms with Crippen molar-refractivity contribution in [3.05, 3.63) is 66.5 Å². The highest BCUT2D eigenvalue weighted by Gasteiger charge is 2.17. The summed E-state index contributed by atoms with van der Waals surface area (Å²) >= 11 is 0. The fraction of sp³-hybridized carbons (Fsp3) is 0.105. The fourth-order valence-electron chi connectivity index (χ4n) is 2.58. The van der Waals surface area contributed by atoms with Gasteiger partial charge in [0.15, 0.2) is 28.6 Å². The van der Waals surface area contributed by atoms with Gasteiger partial charge in [0.2, 0.25) is 0 Å². The summed E-state index contributed by atoms with van der Waals surface area (Å²) < 4.78 is 39.8. The van der Waals surface area contributed by atoms with Gasteiger partial charge in [0, 0.05) is 12.7 Å². The number of methoxy groups -OCH3 is 1. The summed E-state index contributed by atoms with van der Waals surface area (Å²) in [6, 6.07) is 11.7. The molecule has 4 rings (SSSR count). The van der Waals surface area contributed by atoms with Crippen molar-refractivity contribution in [1.29, 1.82) is 0 Å². The minimum absolute atomic E-state index is 0.0175. The molecule has 0 aliphatic heterocycles. The molecule has 0 aliphatic carbocycles. The van der Waals surface area contributed by atoms with Crippen LogP contribution < -0.4 is 4.74 Å². The van der Waals surface area contributed by atoms with Crippen LogP contribution in [0.1, 0.15) is 0 Å². The van der Waals surface area contributed by atoms with Crippen LogP contribution in [0.15, 0.2) is 54.9 Å². The quantitative estimate of drug-likeness (QED) is 0.529. The van der Waals surface area contributed by atoms with Crippen molar-refractivity contribution in [1.82, 2.24) is 19.5 Å². The van der Waals surface area contributed by atoms with Crippen LogP contribution in [0, 0.1) is 11.6 Å². The summed E-state index contributed by atoms with van der Waals surface area (Å²) in [5, 5.41) is 0. The minimum Gasteiger partial charge on any atom is -0.434 e. The molecule has 0 bridgehead atoms. The molecule has 0 atom stereocenters. The Morgan fingerprint density at radius 3 is 2.52 bits per heavy atom. The molecule has 2 aromatic heterocycles. The first kappa shape index (κ1) is 17.0. The van der Waals surface area contributed by atoms with Gasteiger partial charge in [0.25, 0.3) is 5.88 Å². The maximum atomic E-state index is 14.0. The molecular formula is C19H14F2N4O2. The monoisotopic (exact) mass is 368 g/mol. The van der Waals surface area contributed by atoms with Gasteiger partial charge < -0.3 is 9.47 Å². The minimum atomic E-state index is -0.524. The average Bonchev–Trinajstić information content (AvgIpc) is 3.08. The topological polar surface area (TPSA) is 62.1 Å². The maximum Gasteiger partial charge on any atom is 0.251 e. The lowest BCUT2D eigenvalue weighted by molar-refractivity contribution is 0.134. The third-order valence-electron chi connectivity index (χ3n) is 3.85. The highest BCUT2D eigenvalue weighted by molar-refractivity contribution is 5.79. The number of fused-ring (bicyclic) bond motifs is 1. The zero-order valence-corrected chi connectivity index (χ0v) is 14.3. The number of nitrogens with zero attached hydrogens (tertiary/aromatic N) is 4. The normalized spacial score (nSPS) is 11.1. The van der Waals surface area contributed by atoms with Crippen LogP contribution in [0.25, 0.3) is 22.6 Å². The Morgan fingerprint density at radius 2 is 1.78 bits per heavy atom. The van der Waals surface area contributed by atoms with Crippen molar-refractivity contribution in [3.8, 4) is 23.0 Å². The molecule has 0 saturated carbocycles. The van der Waals surface area contributed by atoms with Gasteiger partial charge in [-0.3, -0.25) is 4.57 Å². The van der Waals surface area contributed by atoms with E-state index in [4.69, 9.17) is 9.47 Å². The van der Waals surface area contributed by atoms with Gasteiger partial charge in [-0.1, -0.05) is 12.1 Å². The lowest BCUT2D eigenvalue weighted by Gasteiger charge is -2.09. The third-order valence-corrected chi connectivity index (χ3v) is 3.85. The molecule has 0 saturated heterocycles. The van der Waals surface area contributed by atoms with E-state index in [1.807, 2.05) is 0 Å². The van der Waals surface area contributed by atoms with Crippen molar-refractivity contribution < 1.29 is 18.3 Å². The first-order valence-corrected chi connectivity index (χ1v) is 8.06. The van der Waals surface area contributed by atoms with Gasteiger partial charge >= 0.3 is 0 Å². The second-order valence-electron chi connectivity index (χ2n) is 5.70. The first-order chi connectivity index (χ1) is 13.2. The van der Waals surface area contributed by atoms with Crippen molar-refractivity contribution in [3.63, 3.8) is 0 Å². The van der Waals surface area contributed by atoms with Gasteiger partial charge in [-0.2, -0.15) is 4.98 Å². The van der Waals surface area contributed by atoms with E-state index >= 15 is 0 Å². The summed E-state index contributed by atoms with van der Waals surface area (Å²) in [7, 11) is 1.55.